The van der Waals surface area contributed by atoms with Crippen molar-refractivity contribution in [3.8, 4) is 0 Å². The van der Waals surface area contributed by atoms with E-state index in [1.54, 1.807) is 23.7 Å². The van der Waals surface area contributed by atoms with Crippen molar-refractivity contribution in [2.24, 2.45) is 5.92 Å². The predicted molar refractivity (Wildman–Crippen MR) is 118 cm³/mol. The zero-order valence-corrected chi connectivity index (χ0v) is 18.2. The van der Waals surface area contributed by atoms with Crippen LogP contribution < -0.4 is 10.6 Å². The molecular weight excluding hydrogens is 406 g/mol. The van der Waals surface area contributed by atoms with Crippen LogP contribution in [0.4, 0.5) is 0 Å². The van der Waals surface area contributed by atoms with Gasteiger partial charge in [-0.05, 0) is 29.7 Å². The van der Waals surface area contributed by atoms with Crippen LogP contribution in [0.5, 0.6) is 0 Å². The molecule has 156 valence electrons. The molecule has 0 fully saturated rings. The van der Waals surface area contributed by atoms with Crippen LogP contribution in [0, 0.1) is 5.92 Å². The summed E-state index contributed by atoms with van der Waals surface area (Å²) in [4.78, 5) is 4.47. The molecule has 3 N–H and O–H groups in total. The van der Waals surface area contributed by atoms with E-state index in [9.17, 15) is 13.5 Å². The standard InChI is InChI=1S/C21H27N3O3S2/c1-15(2)21(23-13-17(25)12-22-11-16-6-4-3-5-7-16)29(26,27)18-8-9-19-20(10-18)28-14-24-19/h3-10,14-15,17,21-23,25H,11-13H2,1-2H3/t17-,21+/m1/s1. The van der Waals surface area contributed by atoms with Crippen molar-refractivity contribution in [3.05, 3.63) is 59.6 Å². The number of nitrogens with zero attached hydrogens (tertiary/aromatic N) is 1. The van der Waals surface area contributed by atoms with E-state index in [2.05, 4.69) is 15.6 Å². The summed E-state index contributed by atoms with van der Waals surface area (Å²) in [5.74, 6) is -0.151. The number of hydrogen-bond donors (Lipinski definition) is 3. The molecule has 0 saturated carbocycles. The molecule has 8 heteroatoms. The Morgan fingerprint density at radius 1 is 1.10 bits per heavy atom. The van der Waals surface area contributed by atoms with Gasteiger partial charge in [-0.3, -0.25) is 5.32 Å². The van der Waals surface area contributed by atoms with Gasteiger partial charge in [0.15, 0.2) is 9.84 Å². The Balaban J connectivity index is 1.60. The van der Waals surface area contributed by atoms with E-state index in [1.165, 1.54) is 11.3 Å². The quantitative estimate of drug-likeness (QED) is 0.455. The van der Waals surface area contributed by atoms with E-state index in [0.717, 1.165) is 15.8 Å². The summed E-state index contributed by atoms with van der Waals surface area (Å²) in [5.41, 5.74) is 3.63. The van der Waals surface area contributed by atoms with Crippen LogP contribution in [0.3, 0.4) is 0 Å². The van der Waals surface area contributed by atoms with E-state index in [0.29, 0.717) is 13.1 Å². The fourth-order valence-corrected chi connectivity index (χ4v) is 5.82. The first-order valence-corrected chi connectivity index (χ1v) is 12.0. The summed E-state index contributed by atoms with van der Waals surface area (Å²) in [6, 6.07) is 14.9. The molecule has 0 saturated heterocycles. The number of sulfone groups is 1. The topological polar surface area (TPSA) is 91.3 Å². The minimum atomic E-state index is -3.59. The monoisotopic (exact) mass is 433 g/mol. The van der Waals surface area contributed by atoms with Crippen molar-refractivity contribution in [2.75, 3.05) is 13.1 Å². The van der Waals surface area contributed by atoms with Crippen molar-refractivity contribution in [3.63, 3.8) is 0 Å². The maximum Gasteiger partial charge on any atom is 0.194 e. The van der Waals surface area contributed by atoms with Crippen molar-refractivity contribution in [2.45, 2.75) is 36.8 Å². The number of hydrogen-bond acceptors (Lipinski definition) is 7. The Morgan fingerprint density at radius 2 is 1.86 bits per heavy atom. The molecule has 0 unspecified atom stereocenters. The Hall–Kier alpha value is -1.84. The minimum absolute atomic E-state index is 0.151. The molecule has 0 spiro atoms. The summed E-state index contributed by atoms with van der Waals surface area (Å²) in [6.45, 7) is 4.94. The SMILES string of the molecule is CC(C)[C@@H](NC[C@H](O)CNCc1ccccc1)S(=O)(=O)c1ccc2ncsc2c1. The van der Waals surface area contributed by atoms with Gasteiger partial charge < -0.3 is 10.4 Å². The first kappa shape index (κ1) is 21.9. The number of benzene rings is 2. The lowest BCUT2D eigenvalue weighted by molar-refractivity contribution is 0.165. The maximum absolute atomic E-state index is 13.2. The summed E-state index contributed by atoms with van der Waals surface area (Å²) in [7, 11) is -3.59. The van der Waals surface area contributed by atoms with Gasteiger partial charge in [0.25, 0.3) is 0 Å². The molecule has 1 aromatic heterocycles. The van der Waals surface area contributed by atoms with Gasteiger partial charge in [-0.15, -0.1) is 11.3 Å². The van der Waals surface area contributed by atoms with Crippen LogP contribution in [0.1, 0.15) is 19.4 Å². The largest absolute Gasteiger partial charge is 0.390 e. The predicted octanol–water partition coefficient (Wildman–Crippen LogP) is 2.79. The lowest BCUT2D eigenvalue weighted by Gasteiger charge is -2.24. The average molecular weight is 434 g/mol. The molecule has 2 atom stereocenters. The Bertz CT molecular complexity index is 1020. The Labute approximate surface area is 175 Å². The summed E-state index contributed by atoms with van der Waals surface area (Å²) in [6.07, 6.45) is -0.695. The van der Waals surface area contributed by atoms with Crippen molar-refractivity contribution < 1.29 is 13.5 Å². The Morgan fingerprint density at radius 3 is 2.59 bits per heavy atom. The second-order valence-corrected chi connectivity index (χ2v) is 10.3. The number of aliphatic hydroxyl groups excluding tert-OH is 1. The highest BCUT2D eigenvalue weighted by Crippen LogP contribution is 2.25. The molecule has 3 rings (SSSR count). The number of nitrogens with one attached hydrogen (secondary N) is 2. The zero-order chi connectivity index (χ0) is 20.9. The molecular formula is C21H27N3O3S2. The number of fused-ring (bicyclic) bond motifs is 1. The molecule has 0 aliphatic heterocycles. The lowest BCUT2D eigenvalue weighted by atomic mass is 10.2. The van der Waals surface area contributed by atoms with Gasteiger partial charge >= 0.3 is 0 Å². The van der Waals surface area contributed by atoms with Crippen LogP contribution in [0.25, 0.3) is 10.2 Å². The van der Waals surface area contributed by atoms with Gasteiger partial charge in [0, 0.05) is 19.6 Å². The molecule has 0 bridgehead atoms. The minimum Gasteiger partial charge on any atom is -0.390 e. The van der Waals surface area contributed by atoms with E-state index < -0.39 is 21.3 Å². The first-order chi connectivity index (χ1) is 13.9. The smallest absolute Gasteiger partial charge is 0.194 e. The summed E-state index contributed by atoms with van der Waals surface area (Å²) >= 11 is 1.42. The van der Waals surface area contributed by atoms with Crippen LogP contribution in [0.2, 0.25) is 0 Å². The molecule has 0 radical (unpaired) electrons. The first-order valence-electron chi connectivity index (χ1n) is 9.61. The van der Waals surface area contributed by atoms with E-state index in [4.69, 9.17) is 0 Å². The van der Waals surface area contributed by atoms with Gasteiger partial charge in [-0.25, -0.2) is 13.4 Å². The van der Waals surface area contributed by atoms with E-state index in [1.807, 2.05) is 44.2 Å². The lowest BCUT2D eigenvalue weighted by Crippen LogP contribution is -2.46. The second-order valence-electron chi connectivity index (χ2n) is 7.37. The summed E-state index contributed by atoms with van der Waals surface area (Å²) < 4.78 is 27.2. The van der Waals surface area contributed by atoms with E-state index >= 15 is 0 Å². The number of aliphatic hydroxyl groups is 1. The molecule has 29 heavy (non-hydrogen) atoms. The number of thiazole rings is 1. The highest BCUT2D eigenvalue weighted by Gasteiger charge is 2.30. The van der Waals surface area contributed by atoms with Gasteiger partial charge in [-0.1, -0.05) is 44.2 Å². The van der Waals surface area contributed by atoms with Gasteiger partial charge in [0.2, 0.25) is 0 Å². The zero-order valence-electron chi connectivity index (χ0n) is 16.6. The van der Waals surface area contributed by atoms with Gasteiger partial charge in [0.1, 0.15) is 5.37 Å². The highest BCUT2D eigenvalue weighted by molar-refractivity contribution is 7.92. The number of aromatic nitrogens is 1. The molecule has 0 aliphatic carbocycles. The normalized spacial score (nSPS) is 14.3. The maximum atomic E-state index is 13.2. The van der Waals surface area contributed by atoms with Crippen molar-refractivity contribution in [1.29, 1.82) is 0 Å². The molecule has 2 aromatic carbocycles. The molecule has 3 aromatic rings. The number of rotatable bonds is 10. The Kier molecular flexibility index (Phi) is 7.37. The van der Waals surface area contributed by atoms with Crippen LogP contribution in [-0.4, -0.2) is 43.1 Å². The molecule has 1 heterocycles. The third-order valence-electron chi connectivity index (χ3n) is 4.68. The van der Waals surface area contributed by atoms with Crippen LogP contribution in [-0.2, 0) is 16.4 Å². The molecule has 6 nitrogen and oxygen atoms in total. The average Bonchev–Trinajstić information content (AvgIpc) is 3.16. The fraction of sp³-hybridized carbons (Fsp3) is 0.381. The van der Waals surface area contributed by atoms with Gasteiger partial charge in [-0.2, -0.15) is 0 Å². The second kappa shape index (κ2) is 9.77. The summed E-state index contributed by atoms with van der Waals surface area (Å²) in [5, 5.41) is 15.8. The van der Waals surface area contributed by atoms with Crippen LogP contribution in [0.15, 0.2) is 58.9 Å². The molecule has 0 amide bonds. The fourth-order valence-electron chi connectivity index (χ4n) is 3.17. The van der Waals surface area contributed by atoms with Gasteiger partial charge in [0.05, 0.1) is 26.7 Å². The third kappa shape index (κ3) is 5.61. The van der Waals surface area contributed by atoms with Crippen molar-refractivity contribution >= 4 is 31.4 Å². The van der Waals surface area contributed by atoms with Crippen molar-refractivity contribution in [1.82, 2.24) is 15.6 Å². The highest BCUT2D eigenvalue weighted by atomic mass is 32.2. The molecule has 0 aliphatic rings. The third-order valence-corrected chi connectivity index (χ3v) is 7.76. The van der Waals surface area contributed by atoms with E-state index in [-0.39, 0.29) is 17.4 Å². The van der Waals surface area contributed by atoms with Crippen LogP contribution >= 0.6 is 11.3 Å².